The Morgan fingerprint density at radius 3 is 2.25 bits per heavy atom. The van der Waals surface area contributed by atoms with Gasteiger partial charge >= 0.3 is 23.2 Å². The zero-order valence-corrected chi connectivity index (χ0v) is 6.02. The Bertz CT molecular complexity index is 77.7. The van der Waals surface area contributed by atoms with Crippen molar-refractivity contribution in [1.29, 1.82) is 0 Å². The molecule has 0 saturated heterocycles. The smallest absolute Gasteiger partial charge is 0.644 e. The zero-order valence-electron chi connectivity index (χ0n) is 3.37. The second-order valence-electron chi connectivity index (χ2n) is 0.595. The maximum atomic E-state index is 9.43. The van der Waals surface area contributed by atoms with Crippen molar-refractivity contribution in [1.82, 2.24) is 3.87 Å². The minimum atomic E-state index is -1.47. The van der Waals surface area contributed by atoms with E-state index in [2.05, 4.69) is 30.5 Å². The molecule has 4 nitrogen and oxygen atoms in total. The number of hydrogen-bond donors (Lipinski definition) is 2. The van der Waals surface area contributed by atoms with Crippen molar-refractivity contribution in [2.45, 2.75) is 0 Å². The van der Waals surface area contributed by atoms with Gasteiger partial charge in [-0.25, -0.2) is 8.67 Å². The van der Waals surface area contributed by atoms with Crippen LogP contribution in [0.3, 0.4) is 0 Å². The Morgan fingerprint density at radius 1 is 1.88 bits per heavy atom. The molecule has 0 spiro atoms. The Morgan fingerprint density at radius 2 is 2.25 bits per heavy atom. The van der Waals surface area contributed by atoms with E-state index in [1.54, 1.807) is 0 Å². The number of carboxylic acid groups (broad SMARTS) is 1. The average Bonchev–Trinajstić information content (AvgIpc) is 1.27. The average molecular weight is 204 g/mol. The molecule has 0 atom stereocenters. The van der Waals surface area contributed by atoms with E-state index in [9.17, 15) is 4.79 Å². The van der Waals surface area contributed by atoms with E-state index in [0.717, 1.165) is 0 Å². The van der Waals surface area contributed by atoms with Gasteiger partial charge in [-0.15, -0.1) is 0 Å². The van der Waals surface area contributed by atoms with Gasteiger partial charge < -0.3 is 22.8 Å². The van der Waals surface area contributed by atoms with Crippen molar-refractivity contribution < 1.29 is 31.8 Å². The third-order valence-corrected chi connectivity index (χ3v) is 0.312. The zero-order chi connectivity index (χ0) is 5.86. The second kappa shape index (κ2) is 5.58. The molecule has 0 aliphatic rings. The first-order valence-corrected chi connectivity index (χ1v) is 1.96. The molecule has 0 fully saturated rings. The van der Waals surface area contributed by atoms with Gasteiger partial charge in [-0.1, -0.05) is 12.8 Å². The SMILES string of the molecule is O=C(O)ON([S-])S.[Cu+]. The number of hydrogen-bond acceptors (Lipinski definition) is 5. The summed E-state index contributed by atoms with van der Waals surface area (Å²) in [6, 6.07) is 0. The normalized spacial score (nSPS) is 7.88. The van der Waals surface area contributed by atoms with E-state index in [4.69, 9.17) is 5.11 Å². The number of nitrogens with zero attached hydrogens (tertiary/aromatic N) is 1. The van der Waals surface area contributed by atoms with Gasteiger partial charge in [0.2, 0.25) is 0 Å². The summed E-state index contributed by atoms with van der Waals surface area (Å²) in [6.45, 7) is 0. The van der Waals surface area contributed by atoms with E-state index in [1.165, 1.54) is 0 Å². The fourth-order valence-corrected chi connectivity index (χ4v) is 0.200. The van der Waals surface area contributed by atoms with Gasteiger partial charge in [0.05, 0.1) is 0 Å². The molecule has 1 N–H and O–H groups in total. The van der Waals surface area contributed by atoms with E-state index in [0.29, 0.717) is 3.87 Å². The number of carbonyl (C=O) groups is 1. The first-order chi connectivity index (χ1) is 3.13. The molecule has 0 unspecified atom stereocenters. The first-order valence-electron chi connectivity index (χ1n) is 1.20. The number of thiol groups is 1. The van der Waals surface area contributed by atoms with Crippen molar-refractivity contribution in [2.24, 2.45) is 0 Å². The van der Waals surface area contributed by atoms with Gasteiger partial charge in [-0.05, 0) is 0 Å². The molecule has 0 aromatic rings. The van der Waals surface area contributed by atoms with Gasteiger partial charge in [0.15, 0.2) is 0 Å². The molecule has 8 heavy (non-hydrogen) atoms. The standard InChI is InChI=1S/CH2NO3S2.Cu/c3-1(4)5-2(6)7;/h6H,(H,3,4);/q-1;+1. The first kappa shape index (κ1) is 11.3. The monoisotopic (exact) mass is 203 g/mol. The van der Waals surface area contributed by atoms with E-state index in [-0.39, 0.29) is 17.1 Å². The van der Waals surface area contributed by atoms with Crippen molar-refractivity contribution in [3.8, 4) is 0 Å². The molecule has 52 valence electrons. The van der Waals surface area contributed by atoms with Crippen LogP contribution in [0.4, 0.5) is 4.79 Å². The molecule has 0 rings (SSSR count). The maximum absolute atomic E-state index is 9.43. The Hall–Kier alpha value is 0.449. The van der Waals surface area contributed by atoms with Crippen LogP contribution < -0.4 is 0 Å². The van der Waals surface area contributed by atoms with Crippen LogP contribution in [-0.2, 0) is 34.7 Å². The van der Waals surface area contributed by atoms with Gasteiger partial charge in [0, 0.05) is 0 Å². The van der Waals surface area contributed by atoms with Gasteiger partial charge in [0.1, 0.15) is 0 Å². The molecule has 0 aliphatic carbocycles. The third kappa shape index (κ3) is 9.67. The molecule has 0 aromatic heterocycles. The Labute approximate surface area is 67.7 Å². The molecule has 0 aliphatic heterocycles. The van der Waals surface area contributed by atoms with Crippen LogP contribution in [0.25, 0.3) is 0 Å². The van der Waals surface area contributed by atoms with E-state index < -0.39 is 6.16 Å². The quantitative estimate of drug-likeness (QED) is 0.276. The second-order valence-corrected chi connectivity index (χ2v) is 1.56. The van der Waals surface area contributed by atoms with Gasteiger partial charge in [0.25, 0.3) is 0 Å². The molecule has 0 saturated carbocycles. The summed E-state index contributed by atoms with van der Waals surface area (Å²) in [5.41, 5.74) is 0. The summed E-state index contributed by atoms with van der Waals surface area (Å²) in [4.78, 5) is 13.1. The summed E-state index contributed by atoms with van der Waals surface area (Å²) in [6.07, 6.45) is -1.47. The molecular formula is CH2CuNO3S2. The van der Waals surface area contributed by atoms with E-state index >= 15 is 0 Å². The molecule has 0 amide bonds. The summed E-state index contributed by atoms with van der Waals surface area (Å²) in [7, 11) is 0. The molecule has 7 heteroatoms. The van der Waals surface area contributed by atoms with Crippen LogP contribution >= 0.6 is 12.8 Å². The minimum absolute atomic E-state index is 0. The minimum Gasteiger partial charge on any atom is -0.644 e. The molecule has 0 radical (unpaired) electrons. The van der Waals surface area contributed by atoms with E-state index in [1.807, 2.05) is 0 Å². The van der Waals surface area contributed by atoms with Crippen LogP contribution in [0, 0.1) is 0 Å². The molecule has 0 heterocycles. The van der Waals surface area contributed by atoms with Crippen molar-refractivity contribution in [2.75, 3.05) is 0 Å². The predicted molar refractivity (Wildman–Crippen MR) is 27.3 cm³/mol. The summed E-state index contributed by atoms with van der Waals surface area (Å²) < 4.78 is 0.377. The van der Waals surface area contributed by atoms with Crippen LogP contribution in [0.2, 0.25) is 0 Å². The van der Waals surface area contributed by atoms with Crippen molar-refractivity contribution in [3.63, 3.8) is 0 Å². The van der Waals surface area contributed by atoms with Gasteiger partial charge in [-0.3, -0.25) is 0 Å². The fourth-order valence-electron chi connectivity index (χ4n) is 0.0668. The van der Waals surface area contributed by atoms with Gasteiger partial charge in [-0.2, -0.15) is 0 Å². The third-order valence-electron chi connectivity index (χ3n) is 0.156. The molecule has 0 aromatic carbocycles. The molecular weight excluding hydrogens is 202 g/mol. The number of rotatable bonds is 1. The van der Waals surface area contributed by atoms with Crippen LogP contribution in [-0.4, -0.2) is 15.1 Å². The summed E-state index contributed by atoms with van der Waals surface area (Å²) in [5, 5.41) is 7.70. The predicted octanol–water partition coefficient (Wildman–Crippen LogP) is 0.202. The largest absolute Gasteiger partial charge is 1.00 e. The molecule has 0 bridgehead atoms. The summed E-state index contributed by atoms with van der Waals surface area (Å²) in [5.74, 6) is 0. The fraction of sp³-hybridized carbons (Fsp3) is 0. The van der Waals surface area contributed by atoms with Crippen LogP contribution in [0.1, 0.15) is 0 Å². The Kier molecular flexibility index (Phi) is 7.87. The van der Waals surface area contributed by atoms with Crippen molar-refractivity contribution in [3.05, 3.63) is 0 Å². The summed E-state index contributed by atoms with van der Waals surface area (Å²) >= 11 is 7.33. The Balaban J connectivity index is 0. The van der Waals surface area contributed by atoms with Crippen molar-refractivity contribution >= 4 is 31.8 Å². The maximum Gasteiger partial charge on any atom is 1.00 e. The van der Waals surface area contributed by atoms with Crippen LogP contribution in [0.15, 0.2) is 0 Å². The van der Waals surface area contributed by atoms with Crippen LogP contribution in [0.5, 0.6) is 0 Å². The topological polar surface area (TPSA) is 49.8 Å².